The summed E-state index contributed by atoms with van der Waals surface area (Å²) in [5.74, 6) is -0.567. The number of anilines is 1. The first-order valence-corrected chi connectivity index (χ1v) is 6.13. The molecule has 18 heavy (non-hydrogen) atoms. The van der Waals surface area contributed by atoms with Crippen molar-refractivity contribution >= 4 is 29.0 Å². The van der Waals surface area contributed by atoms with Crippen molar-refractivity contribution in [3.63, 3.8) is 0 Å². The van der Waals surface area contributed by atoms with Crippen LogP contribution in [-0.2, 0) is 0 Å². The third kappa shape index (κ3) is 2.54. The highest BCUT2D eigenvalue weighted by atomic mass is 32.1. The molecule has 2 rings (SSSR count). The molecule has 0 saturated heterocycles. The monoisotopic (exact) mass is 261 g/mol. The minimum Gasteiger partial charge on any atom is -0.364 e. The van der Waals surface area contributed by atoms with Crippen LogP contribution in [-0.4, -0.2) is 16.8 Å². The summed E-state index contributed by atoms with van der Waals surface area (Å²) in [6, 6.07) is 4.71. The number of nitrogens with two attached hydrogens (primary N) is 1. The Balaban J connectivity index is 2.20. The maximum absolute atomic E-state index is 11.9. The van der Waals surface area contributed by atoms with Gasteiger partial charge in [0.2, 0.25) is 0 Å². The molecule has 92 valence electrons. The quantitative estimate of drug-likeness (QED) is 0.883. The largest absolute Gasteiger partial charge is 0.364 e. The first kappa shape index (κ1) is 12.3. The molecule has 2 heterocycles. The van der Waals surface area contributed by atoms with Crippen LogP contribution in [0, 0.1) is 6.92 Å². The smallest absolute Gasteiger partial charge is 0.267 e. The van der Waals surface area contributed by atoms with Gasteiger partial charge in [0.1, 0.15) is 11.5 Å². The Morgan fingerprint density at radius 1 is 1.33 bits per heavy atom. The molecule has 0 aliphatic carbocycles. The van der Waals surface area contributed by atoms with E-state index in [0.29, 0.717) is 11.4 Å². The van der Waals surface area contributed by atoms with E-state index in [1.54, 1.807) is 17.5 Å². The van der Waals surface area contributed by atoms with Crippen molar-refractivity contribution in [2.45, 2.75) is 6.92 Å². The molecule has 0 saturated carbocycles. The first-order chi connectivity index (χ1) is 8.58. The average Bonchev–Trinajstić information content (AvgIpc) is 2.76. The Morgan fingerprint density at radius 3 is 2.72 bits per heavy atom. The molecule has 5 nitrogen and oxygen atoms in total. The molecule has 0 fully saturated rings. The van der Waals surface area contributed by atoms with E-state index in [2.05, 4.69) is 10.3 Å². The topological polar surface area (TPSA) is 85.1 Å². The van der Waals surface area contributed by atoms with Crippen molar-refractivity contribution in [1.82, 2.24) is 4.98 Å². The fourth-order valence-corrected chi connectivity index (χ4v) is 2.25. The molecule has 2 amide bonds. The summed E-state index contributed by atoms with van der Waals surface area (Å²) in [6.07, 6.45) is 0. The van der Waals surface area contributed by atoms with E-state index >= 15 is 0 Å². The van der Waals surface area contributed by atoms with E-state index in [4.69, 9.17) is 5.73 Å². The second kappa shape index (κ2) is 4.97. The average molecular weight is 261 g/mol. The Bertz CT molecular complexity index is 607. The number of thiophene rings is 1. The van der Waals surface area contributed by atoms with Gasteiger partial charge in [-0.3, -0.25) is 9.59 Å². The molecule has 0 atom stereocenters. The van der Waals surface area contributed by atoms with Crippen molar-refractivity contribution in [2.24, 2.45) is 5.73 Å². The highest BCUT2D eigenvalue weighted by molar-refractivity contribution is 7.08. The normalized spacial score (nSPS) is 10.1. The molecule has 0 aliphatic heterocycles. The molecule has 0 spiro atoms. The molecule has 0 aliphatic rings. The Labute approximate surface area is 108 Å². The van der Waals surface area contributed by atoms with Gasteiger partial charge in [-0.25, -0.2) is 4.98 Å². The number of nitrogens with zero attached hydrogens (tertiary/aromatic N) is 1. The van der Waals surface area contributed by atoms with Gasteiger partial charge in [-0.2, -0.15) is 11.3 Å². The number of amides is 2. The van der Waals surface area contributed by atoms with Crippen molar-refractivity contribution in [2.75, 3.05) is 5.32 Å². The summed E-state index contributed by atoms with van der Waals surface area (Å²) in [5.41, 5.74) is 6.75. The number of rotatable bonds is 3. The summed E-state index contributed by atoms with van der Waals surface area (Å²) in [6.45, 7) is 1.86. The molecule has 2 aromatic rings. The van der Waals surface area contributed by atoms with E-state index in [9.17, 15) is 9.59 Å². The van der Waals surface area contributed by atoms with Gasteiger partial charge in [-0.1, -0.05) is 6.07 Å². The van der Waals surface area contributed by atoms with Crippen LogP contribution in [0.25, 0.3) is 0 Å². The Kier molecular flexibility index (Phi) is 3.38. The number of nitrogens with one attached hydrogen (secondary N) is 1. The van der Waals surface area contributed by atoms with Crippen molar-refractivity contribution < 1.29 is 9.59 Å². The van der Waals surface area contributed by atoms with Gasteiger partial charge >= 0.3 is 0 Å². The number of pyridine rings is 1. The maximum Gasteiger partial charge on any atom is 0.267 e. The zero-order chi connectivity index (χ0) is 13.1. The zero-order valence-corrected chi connectivity index (χ0v) is 10.5. The lowest BCUT2D eigenvalue weighted by atomic mass is 10.2. The van der Waals surface area contributed by atoms with E-state index in [1.165, 1.54) is 17.4 Å². The van der Waals surface area contributed by atoms with Crippen LogP contribution in [0.5, 0.6) is 0 Å². The SMILES string of the molecule is Cc1cscc1C(=O)Nc1cccc(C(N)=O)n1. The fourth-order valence-electron chi connectivity index (χ4n) is 1.42. The van der Waals surface area contributed by atoms with Crippen LogP contribution in [0.2, 0.25) is 0 Å². The van der Waals surface area contributed by atoms with Crippen molar-refractivity contribution in [1.29, 1.82) is 0 Å². The summed E-state index contributed by atoms with van der Waals surface area (Å²) in [4.78, 5) is 26.8. The van der Waals surface area contributed by atoms with E-state index < -0.39 is 5.91 Å². The van der Waals surface area contributed by atoms with Crippen LogP contribution in [0.15, 0.2) is 29.0 Å². The number of carbonyl (C=O) groups is 2. The standard InChI is InChI=1S/C12H11N3O2S/c1-7-5-18-6-8(7)12(17)15-10-4-2-3-9(14-10)11(13)16/h2-6H,1H3,(H2,13,16)(H,14,15,17). The number of primary amides is 1. The highest BCUT2D eigenvalue weighted by Crippen LogP contribution is 2.15. The van der Waals surface area contributed by atoms with Gasteiger partial charge in [0.15, 0.2) is 0 Å². The molecule has 2 aromatic heterocycles. The minimum absolute atomic E-state index is 0.120. The lowest BCUT2D eigenvalue weighted by molar-refractivity contribution is 0.0991. The lowest BCUT2D eigenvalue weighted by Gasteiger charge is -2.04. The van der Waals surface area contributed by atoms with E-state index in [0.717, 1.165) is 5.56 Å². The zero-order valence-electron chi connectivity index (χ0n) is 9.64. The van der Waals surface area contributed by atoms with Gasteiger partial charge in [0.05, 0.1) is 5.56 Å². The summed E-state index contributed by atoms with van der Waals surface area (Å²) in [7, 11) is 0. The molecule has 0 radical (unpaired) electrons. The molecule has 0 bridgehead atoms. The van der Waals surface area contributed by atoms with Crippen molar-refractivity contribution in [3.05, 3.63) is 45.8 Å². The molecular formula is C12H11N3O2S. The highest BCUT2D eigenvalue weighted by Gasteiger charge is 2.11. The van der Waals surface area contributed by atoms with Gasteiger partial charge in [-0.05, 0) is 30.0 Å². The van der Waals surface area contributed by atoms with Gasteiger partial charge in [0, 0.05) is 5.38 Å². The van der Waals surface area contributed by atoms with E-state index in [1.807, 2.05) is 12.3 Å². The maximum atomic E-state index is 11.9. The van der Waals surface area contributed by atoms with Gasteiger partial charge < -0.3 is 11.1 Å². The molecular weight excluding hydrogens is 250 g/mol. The number of hydrogen-bond acceptors (Lipinski definition) is 4. The second-order valence-corrected chi connectivity index (χ2v) is 4.44. The predicted molar refractivity (Wildman–Crippen MR) is 69.8 cm³/mol. The molecule has 0 unspecified atom stereocenters. The lowest BCUT2D eigenvalue weighted by Crippen LogP contribution is -2.17. The third-order valence-electron chi connectivity index (χ3n) is 2.34. The second-order valence-electron chi connectivity index (χ2n) is 3.69. The van der Waals surface area contributed by atoms with Crippen LogP contribution >= 0.6 is 11.3 Å². The number of hydrogen-bond donors (Lipinski definition) is 2. The minimum atomic E-state index is -0.627. The van der Waals surface area contributed by atoms with Crippen molar-refractivity contribution in [3.8, 4) is 0 Å². The number of aryl methyl sites for hydroxylation is 1. The third-order valence-corrected chi connectivity index (χ3v) is 3.20. The van der Waals surface area contributed by atoms with Gasteiger partial charge in [-0.15, -0.1) is 0 Å². The summed E-state index contributed by atoms with van der Waals surface area (Å²) < 4.78 is 0. The Hall–Kier alpha value is -2.21. The van der Waals surface area contributed by atoms with Crippen LogP contribution in [0.1, 0.15) is 26.4 Å². The van der Waals surface area contributed by atoms with Crippen LogP contribution < -0.4 is 11.1 Å². The van der Waals surface area contributed by atoms with Crippen LogP contribution in [0.3, 0.4) is 0 Å². The molecule has 6 heteroatoms. The number of carbonyl (C=O) groups excluding carboxylic acids is 2. The predicted octanol–water partition coefficient (Wildman–Crippen LogP) is 1.80. The molecule has 0 aromatic carbocycles. The van der Waals surface area contributed by atoms with Crippen LogP contribution in [0.4, 0.5) is 5.82 Å². The summed E-state index contributed by atoms with van der Waals surface area (Å²) >= 11 is 1.46. The van der Waals surface area contributed by atoms with E-state index in [-0.39, 0.29) is 11.6 Å². The van der Waals surface area contributed by atoms with Gasteiger partial charge in [0.25, 0.3) is 11.8 Å². The fraction of sp³-hybridized carbons (Fsp3) is 0.0833. The molecule has 3 N–H and O–H groups in total. The number of aromatic nitrogens is 1. The Morgan fingerprint density at radius 2 is 2.11 bits per heavy atom. The summed E-state index contributed by atoms with van der Waals surface area (Å²) in [5, 5.41) is 6.29. The first-order valence-electron chi connectivity index (χ1n) is 5.19.